The first kappa shape index (κ1) is 22.9. The average Bonchev–Trinajstić information content (AvgIpc) is 3.10. The number of hydrogen-bond donors (Lipinski definition) is 0. The van der Waals surface area contributed by atoms with Crippen LogP contribution in [0.2, 0.25) is 5.02 Å². The number of aromatic nitrogens is 3. The highest BCUT2D eigenvalue weighted by atomic mass is 35.5. The molecular weight excluding hydrogens is 444 g/mol. The normalized spacial score (nSPS) is 18.4. The third kappa shape index (κ3) is 3.99. The number of carbonyl (C=O) groups excluding carboxylic acids is 3. The Bertz CT molecular complexity index is 1250. The summed E-state index contributed by atoms with van der Waals surface area (Å²) in [6.07, 6.45) is 3.77. The molecule has 1 saturated carbocycles. The van der Waals surface area contributed by atoms with Gasteiger partial charge in [0.05, 0.1) is 11.3 Å². The van der Waals surface area contributed by atoms with Gasteiger partial charge in [0.1, 0.15) is 5.54 Å². The van der Waals surface area contributed by atoms with Crippen LogP contribution in [0.25, 0.3) is 11.0 Å². The highest BCUT2D eigenvalue weighted by molar-refractivity contribution is 6.31. The third-order valence-corrected chi connectivity index (χ3v) is 6.67. The first-order valence-corrected chi connectivity index (χ1v) is 11.1. The predicted octanol–water partition coefficient (Wildman–Crippen LogP) is 3.58. The van der Waals surface area contributed by atoms with Crippen LogP contribution < -0.4 is 0 Å². The number of benzene rings is 1. The molecule has 0 bridgehead atoms. The van der Waals surface area contributed by atoms with Gasteiger partial charge in [-0.3, -0.25) is 14.3 Å². The molecule has 1 amide bonds. The molecule has 172 valence electrons. The number of ketones is 1. The number of pyridine rings is 1. The third-order valence-electron chi connectivity index (χ3n) is 6.35. The monoisotopic (exact) mass is 468 g/mol. The van der Waals surface area contributed by atoms with Crippen molar-refractivity contribution in [2.45, 2.75) is 38.1 Å². The Morgan fingerprint density at radius 1 is 1.27 bits per heavy atom. The predicted molar refractivity (Wildman–Crippen MR) is 123 cm³/mol. The van der Waals surface area contributed by atoms with E-state index in [2.05, 4.69) is 10.1 Å². The Labute approximate surface area is 196 Å². The molecule has 4 rings (SSSR count). The van der Waals surface area contributed by atoms with E-state index < -0.39 is 24.0 Å². The molecule has 0 aliphatic heterocycles. The molecule has 0 radical (unpaired) electrons. The van der Waals surface area contributed by atoms with Crippen molar-refractivity contribution in [1.29, 1.82) is 0 Å². The number of esters is 1. The summed E-state index contributed by atoms with van der Waals surface area (Å²) in [5.41, 5.74) is 1.04. The molecule has 33 heavy (non-hydrogen) atoms. The van der Waals surface area contributed by atoms with Crippen LogP contribution in [0, 0.1) is 6.92 Å². The van der Waals surface area contributed by atoms with Gasteiger partial charge in [0.15, 0.2) is 18.0 Å². The number of ether oxygens (including phenoxy) is 1. The van der Waals surface area contributed by atoms with Gasteiger partial charge in [-0.05, 0) is 38.3 Å². The lowest BCUT2D eigenvalue weighted by Crippen LogP contribution is -2.55. The number of aryl methyl sites for hydroxylation is 2. The molecule has 0 spiro atoms. The van der Waals surface area contributed by atoms with Crippen molar-refractivity contribution in [3.8, 4) is 0 Å². The highest BCUT2D eigenvalue weighted by Gasteiger charge is 2.48. The Hall–Kier alpha value is -3.26. The zero-order chi connectivity index (χ0) is 23.8. The number of carbonyl (C=O) groups is 3. The second kappa shape index (κ2) is 8.94. The second-order valence-corrected chi connectivity index (χ2v) is 8.71. The van der Waals surface area contributed by atoms with Crippen LogP contribution in [0.3, 0.4) is 0 Å². The van der Waals surface area contributed by atoms with E-state index in [1.54, 1.807) is 49.1 Å². The van der Waals surface area contributed by atoms with E-state index >= 15 is 0 Å². The van der Waals surface area contributed by atoms with Crippen molar-refractivity contribution in [3.63, 3.8) is 0 Å². The molecule has 0 N–H and O–H groups in total. The lowest BCUT2D eigenvalue weighted by Gasteiger charge is -2.43. The number of hydrogen-bond acceptors (Lipinski definition) is 6. The fraction of sp³-hybridized carbons (Fsp3) is 0.375. The standard InChI is InChI=1S/C24H25ClN4O4/c1-15-17-12-16(13-26-22(17)29(3)27-15)23(32)33-14-21(31)28(2)24(11-7-6-10-20(24)30)18-8-4-5-9-19(18)25/h4-5,8-9,12-13H,6-7,10-11,14H2,1-3H3. The van der Waals surface area contributed by atoms with Gasteiger partial charge in [0, 0.05) is 42.7 Å². The lowest BCUT2D eigenvalue weighted by atomic mass is 9.74. The Morgan fingerprint density at radius 3 is 2.76 bits per heavy atom. The van der Waals surface area contributed by atoms with E-state index in [0.717, 1.165) is 23.9 Å². The van der Waals surface area contributed by atoms with Crippen LogP contribution in [0.4, 0.5) is 0 Å². The minimum Gasteiger partial charge on any atom is -0.452 e. The van der Waals surface area contributed by atoms with E-state index in [-0.39, 0.29) is 11.3 Å². The van der Waals surface area contributed by atoms with Gasteiger partial charge in [-0.1, -0.05) is 29.8 Å². The van der Waals surface area contributed by atoms with Crippen molar-refractivity contribution < 1.29 is 19.1 Å². The summed E-state index contributed by atoms with van der Waals surface area (Å²) in [4.78, 5) is 44.6. The zero-order valence-electron chi connectivity index (χ0n) is 18.8. The van der Waals surface area contributed by atoms with Crippen LogP contribution in [-0.2, 0) is 26.9 Å². The molecule has 1 aliphatic carbocycles. The van der Waals surface area contributed by atoms with Gasteiger partial charge in [0.2, 0.25) is 0 Å². The van der Waals surface area contributed by atoms with Gasteiger partial charge in [-0.15, -0.1) is 0 Å². The molecule has 9 heteroatoms. The van der Waals surface area contributed by atoms with Crippen LogP contribution >= 0.6 is 11.6 Å². The number of likely N-dealkylation sites (N-methyl/N-ethyl adjacent to an activating group) is 1. The molecule has 1 aliphatic rings. The quantitative estimate of drug-likeness (QED) is 0.531. The molecule has 1 atom stereocenters. The first-order chi connectivity index (χ1) is 15.8. The summed E-state index contributed by atoms with van der Waals surface area (Å²) in [5, 5.41) is 5.45. The van der Waals surface area contributed by atoms with Crippen molar-refractivity contribution in [3.05, 3.63) is 58.4 Å². The maximum Gasteiger partial charge on any atom is 0.340 e. The van der Waals surface area contributed by atoms with Crippen LogP contribution in [0.1, 0.15) is 47.3 Å². The minimum atomic E-state index is -1.17. The minimum absolute atomic E-state index is 0.0641. The number of halogens is 1. The molecule has 1 aromatic carbocycles. The molecule has 1 unspecified atom stereocenters. The number of amides is 1. The summed E-state index contributed by atoms with van der Waals surface area (Å²) in [6, 6.07) is 8.72. The van der Waals surface area contributed by atoms with Crippen molar-refractivity contribution in [1.82, 2.24) is 19.7 Å². The topological polar surface area (TPSA) is 94.4 Å². The Morgan fingerprint density at radius 2 is 2.03 bits per heavy atom. The van der Waals surface area contributed by atoms with E-state index in [0.29, 0.717) is 29.1 Å². The average molecular weight is 469 g/mol. The maximum atomic E-state index is 13.2. The SMILES string of the molecule is Cc1nn(C)c2ncc(C(=O)OCC(=O)N(C)C3(c4ccccc4Cl)CCCCC3=O)cc12. The molecule has 1 fully saturated rings. The van der Waals surface area contributed by atoms with Crippen molar-refractivity contribution >= 4 is 40.3 Å². The number of Topliss-reactive ketones (excluding diaryl/α,β-unsaturated/α-hetero) is 1. The summed E-state index contributed by atoms with van der Waals surface area (Å²) in [6.45, 7) is 1.33. The number of rotatable bonds is 5. The second-order valence-electron chi connectivity index (χ2n) is 8.30. The van der Waals surface area contributed by atoms with Gasteiger partial charge in [-0.2, -0.15) is 5.10 Å². The van der Waals surface area contributed by atoms with Crippen LogP contribution in [0.15, 0.2) is 36.5 Å². The maximum absolute atomic E-state index is 13.2. The Kier molecular flexibility index (Phi) is 6.21. The summed E-state index contributed by atoms with van der Waals surface area (Å²) in [7, 11) is 3.34. The Balaban J connectivity index is 1.54. The molecule has 2 heterocycles. The zero-order valence-corrected chi connectivity index (χ0v) is 19.6. The fourth-order valence-electron chi connectivity index (χ4n) is 4.57. The van der Waals surface area contributed by atoms with Crippen molar-refractivity contribution in [2.75, 3.05) is 13.7 Å². The van der Waals surface area contributed by atoms with E-state index in [1.165, 1.54) is 11.1 Å². The van der Waals surface area contributed by atoms with Gasteiger partial charge < -0.3 is 9.64 Å². The number of fused-ring (bicyclic) bond motifs is 1. The van der Waals surface area contributed by atoms with E-state index in [4.69, 9.17) is 16.3 Å². The summed E-state index contributed by atoms with van der Waals surface area (Å²) in [5.74, 6) is -1.22. The molecular formula is C24H25ClN4O4. The van der Waals surface area contributed by atoms with Gasteiger partial charge in [0.25, 0.3) is 5.91 Å². The van der Waals surface area contributed by atoms with E-state index in [1.807, 2.05) is 6.92 Å². The smallest absolute Gasteiger partial charge is 0.340 e. The fourth-order valence-corrected chi connectivity index (χ4v) is 4.86. The van der Waals surface area contributed by atoms with Crippen molar-refractivity contribution in [2.24, 2.45) is 7.05 Å². The first-order valence-electron chi connectivity index (χ1n) is 10.8. The summed E-state index contributed by atoms with van der Waals surface area (Å²) < 4.78 is 6.93. The van der Waals surface area contributed by atoms with Crippen LogP contribution in [0.5, 0.6) is 0 Å². The summed E-state index contributed by atoms with van der Waals surface area (Å²) >= 11 is 6.44. The molecule has 8 nitrogen and oxygen atoms in total. The van der Waals surface area contributed by atoms with Crippen LogP contribution in [-0.4, -0.2) is 51.0 Å². The largest absolute Gasteiger partial charge is 0.452 e. The van der Waals surface area contributed by atoms with Gasteiger partial charge >= 0.3 is 5.97 Å². The molecule has 2 aromatic heterocycles. The lowest BCUT2D eigenvalue weighted by molar-refractivity contribution is -0.150. The highest BCUT2D eigenvalue weighted by Crippen LogP contribution is 2.42. The molecule has 0 saturated heterocycles. The number of nitrogens with zero attached hydrogens (tertiary/aromatic N) is 4. The van der Waals surface area contributed by atoms with Gasteiger partial charge in [-0.25, -0.2) is 9.78 Å². The van der Waals surface area contributed by atoms with E-state index in [9.17, 15) is 14.4 Å². The molecule has 3 aromatic rings.